The lowest BCUT2D eigenvalue weighted by atomic mass is 9.95. The van der Waals surface area contributed by atoms with Crippen molar-refractivity contribution in [2.24, 2.45) is 0 Å². The van der Waals surface area contributed by atoms with Gasteiger partial charge >= 0.3 is 12.1 Å². The van der Waals surface area contributed by atoms with Crippen molar-refractivity contribution in [3.8, 4) is 34.5 Å². The Bertz CT molecular complexity index is 2340. The summed E-state index contributed by atoms with van der Waals surface area (Å²) >= 11 is 0. The van der Waals surface area contributed by atoms with Gasteiger partial charge in [0.2, 0.25) is 0 Å². The molecule has 0 aliphatic carbocycles. The first kappa shape index (κ1) is 46.4. The summed E-state index contributed by atoms with van der Waals surface area (Å²) in [7, 11) is -0.779. The van der Waals surface area contributed by atoms with Gasteiger partial charge in [0, 0.05) is 43.4 Å². The molecule has 0 bridgehead atoms. The monoisotopic (exact) mass is 884 g/mol. The second-order valence-corrected chi connectivity index (χ2v) is 25.3. The highest BCUT2D eigenvalue weighted by Gasteiger charge is 2.45. The Kier molecular flexibility index (Phi) is 13.9. The summed E-state index contributed by atoms with van der Waals surface area (Å²) in [4.78, 5) is 32.1. The zero-order valence-corrected chi connectivity index (χ0v) is 39.9. The van der Waals surface area contributed by atoms with Gasteiger partial charge in [-0.25, -0.2) is 13.6 Å². The third kappa shape index (κ3) is 9.62. The van der Waals surface area contributed by atoms with E-state index < -0.39 is 31.4 Å². The second-order valence-electron chi connectivity index (χ2n) is 19.7. The second kappa shape index (κ2) is 18.9. The summed E-state index contributed by atoms with van der Waals surface area (Å²) in [6, 6.07) is 6.36. The summed E-state index contributed by atoms with van der Waals surface area (Å²) in [6.07, 6.45) is 7.76. The molecule has 340 valence electrons. The summed E-state index contributed by atoms with van der Waals surface area (Å²) < 4.78 is 57.6. The van der Waals surface area contributed by atoms with Gasteiger partial charge in [0.15, 0.2) is 12.6 Å². The maximum Gasteiger partial charge on any atom is 0.407 e. The molecule has 2 aromatic carbocycles. The Morgan fingerprint density at radius 1 is 0.968 bits per heavy atom. The predicted octanol–water partition coefficient (Wildman–Crippen LogP) is 10.6. The van der Waals surface area contributed by atoms with E-state index in [9.17, 15) is 4.79 Å². The van der Waals surface area contributed by atoms with Gasteiger partial charge in [-0.15, -0.1) is 5.54 Å². The molecule has 2 aromatic heterocycles. The molecule has 0 saturated carbocycles. The van der Waals surface area contributed by atoms with Gasteiger partial charge in [0.05, 0.1) is 16.5 Å². The minimum Gasteiger partial charge on any atom is -0.468 e. The average molecular weight is 885 g/mol. The van der Waals surface area contributed by atoms with Crippen molar-refractivity contribution >= 4 is 41.7 Å². The van der Waals surface area contributed by atoms with E-state index in [0.717, 1.165) is 58.0 Å². The number of methoxy groups -OCH3 is 1. The number of carbonyl (C=O) groups is 1. The number of fused-ring (bicyclic) bond motifs is 3. The minimum absolute atomic E-state index is 0.0272. The lowest BCUT2D eigenvalue weighted by Crippen LogP contribution is -2.45. The molecule has 7 rings (SSSR count). The molecule has 3 aliphatic heterocycles. The number of alkyl carbamates (subject to hydrolysis) is 1. The van der Waals surface area contributed by atoms with Crippen molar-refractivity contribution in [3.63, 3.8) is 0 Å². The van der Waals surface area contributed by atoms with Crippen molar-refractivity contribution in [1.82, 2.24) is 25.2 Å². The smallest absolute Gasteiger partial charge is 0.407 e. The number of benzene rings is 2. The van der Waals surface area contributed by atoms with E-state index in [1.807, 2.05) is 20.8 Å². The minimum atomic E-state index is -2.30. The molecular weight excluding hydrogens is 819 g/mol. The van der Waals surface area contributed by atoms with Crippen LogP contribution in [0.15, 0.2) is 30.5 Å². The van der Waals surface area contributed by atoms with Crippen molar-refractivity contribution in [2.75, 3.05) is 51.6 Å². The van der Waals surface area contributed by atoms with Crippen LogP contribution in [0.25, 0.3) is 32.9 Å². The maximum absolute atomic E-state index is 17.9. The van der Waals surface area contributed by atoms with Crippen LogP contribution in [-0.4, -0.2) is 97.9 Å². The predicted molar refractivity (Wildman–Crippen MR) is 248 cm³/mol. The molecule has 63 heavy (non-hydrogen) atoms. The van der Waals surface area contributed by atoms with Crippen LogP contribution < -0.4 is 19.7 Å². The number of anilines is 1. The fourth-order valence-electron chi connectivity index (χ4n) is 10.6. The summed E-state index contributed by atoms with van der Waals surface area (Å²) in [5.74, 6) is 3.02. The number of hydrogen-bond donors (Lipinski definition) is 1. The molecule has 1 atom stereocenters. The molecule has 14 heteroatoms. The largest absolute Gasteiger partial charge is 0.468 e. The number of amides is 1. The van der Waals surface area contributed by atoms with Crippen LogP contribution in [-0.2, 0) is 9.47 Å². The highest BCUT2D eigenvalue weighted by Crippen LogP contribution is 2.43. The molecule has 3 fully saturated rings. The molecular formula is C49H66F2N6O5Si. The van der Waals surface area contributed by atoms with Crippen LogP contribution in [0.1, 0.15) is 113 Å². The molecule has 4 aromatic rings. The topological polar surface area (TPSA) is 111 Å². The molecule has 5 heterocycles. The fourth-order valence-corrected chi connectivity index (χ4v) is 15.8. The van der Waals surface area contributed by atoms with Crippen LogP contribution in [0.4, 0.5) is 19.4 Å². The standard InChI is InChI=1S/C49H66F2N6O5Si/c1-31(2)63(32(3)4,33(5)6)24-18-37-40(50)17-16-34-25-36(61-30-59-10)26-38(41(34)37)43-42(51)44-39(27-52-43)45(55-46(54-44)60-29-49-19-13-22-57(49)23-14-20-49)56-21-12-11-15-35(28-56)53-47(58)62-48(7,8)9/h16-17,25-27,31-33,35H,11-15,19-23,28-30H2,1-10H3,(H,53,58)/t35-/m0/s1. The van der Waals surface area contributed by atoms with Gasteiger partial charge in [0.25, 0.3) is 0 Å². The Labute approximate surface area is 373 Å². The van der Waals surface area contributed by atoms with E-state index in [-0.39, 0.29) is 41.2 Å². The van der Waals surface area contributed by atoms with E-state index in [1.165, 1.54) is 13.2 Å². The number of rotatable bonds is 12. The zero-order valence-electron chi connectivity index (χ0n) is 38.9. The first-order valence-corrected chi connectivity index (χ1v) is 25.1. The molecule has 1 amide bonds. The average Bonchev–Trinajstić information content (AvgIpc) is 3.72. The first-order chi connectivity index (χ1) is 30.0. The number of ether oxygens (including phenoxy) is 4. The Hall–Kier alpha value is -4.58. The summed E-state index contributed by atoms with van der Waals surface area (Å²) in [5.41, 5.74) is 4.40. The van der Waals surface area contributed by atoms with Gasteiger partial charge in [-0.2, -0.15) is 9.97 Å². The molecule has 3 saturated heterocycles. The van der Waals surface area contributed by atoms with Gasteiger partial charge in [-0.05, 0) is 119 Å². The SMILES string of the molecule is COCOc1cc(-c2ncc3c(N4CCCC[C@H](NC(=O)OC(C)(C)C)C4)nc(OCC45CCCN4CCC5)nc3c2F)c2c(C#C[Si](C(C)C)(C(C)C)C(C)C)c(F)ccc2c1. The molecule has 0 unspecified atom stereocenters. The van der Waals surface area contributed by atoms with Crippen LogP contribution >= 0.6 is 0 Å². The Morgan fingerprint density at radius 3 is 2.35 bits per heavy atom. The van der Waals surface area contributed by atoms with Gasteiger partial charge in [-0.1, -0.05) is 53.5 Å². The maximum atomic E-state index is 17.9. The van der Waals surface area contributed by atoms with Crippen molar-refractivity contribution in [3.05, 3.63) is 47.7 Å². The van der Waals surface area contributed by atoms with Gasteiger partial charge in [0.1, 0.15) is 48.9 Å². The number of pyridine rings is 1. The zero-order chi connectivity index (χ0) is 45.3. The number of aromatic nitrogens is 3. The Balaban J connectivity index is 1.40. The molecule has 1 N–H and O–H groups in total. The van der Waals surface area contributed by atoms with E-state index in [1.54, 1.807) is 24.4 Å². The van der Waals surface area contributed by atoms with Crippen molar-refractivity contribution in [2.45, 2.75) is 141 Å². The lowest BCUT2D eigenvalue weighted by molar-refractivity contribution is 0.0502. The Morgan fingerprint density at radius 2 is 1.68 bits per heavy atom. The van der Waals surface area contributed by atoms with E-state index in [2.05, 4.69) is 68.1 Å². The van der Waals surface area contributed by atoms with Crippen LogP contribution in [0.5, 0.6) is 11.8 Å². The molecule has 11 nitrogen and oxygen atoms in total. The first-order valence-electron chi connectivity index (χ1n) is 22.9. The van der Waals surface area contributed by atoms with Crippen LogP contribution in [0.2, 0.25) is 16.6 Å². The summed E-state index contributed by atoms with van der Waals surface area (Å²) in [5, 5.41) is 4.51. The molecule has 3 aliphatic rings. The van der Waals surface area contributed by atoms with Gasteiger partial charge in [-0.3, -0.25) is 9.88 Å². The lowest BCUT2D eigenvalue weighted by Gasteiger charge is -2.38. The fraction of sp³-hybridized carbons (Fsp3) is 0.592. The van der Waals surface area contributed by atoms with Crippen LogP contribution in [0, 0.1) is 23.1 Å². The number of hydrogen-bond acceptors (Lipinski definition) is 10. The quantitative estimate of drug-likeness (QED) is 0.0839. The van der Waals surface area contributed by atoms with E-state index in [4.69, 9.17) is 33.9 Å². The number of nitrogens with one attached hydrogen (secondary N) is 1. The number of halogens is 2. The number of nitrogens with zero attached hydrogens (tertiary/aromatic N) is 5. The van der Waals surface area contributed by atoms with E-state index >= 15 is 8.78 Å². The third-order valence-corrected chi connectivity index (χ3v) is 19.8. The van der Waals surface area contributed by atoms with Crippen LogP contribution in [0.3, 0.4) is 0 Å². The highest BCUT2D eigenvalue weighted by atomic mass is 28.3. The number of carbonyl (C=O) groups excluding carboxylic acids is 1. The van der Waals surface area contributed by atoms with Gasteiger partial charge < -0.3 is 29.2 Å². The van der Waals surface area contributed by atoms with Crippen molar-refractivity contribution in [1.29, 1.82) is 0 Å². The highest BCUT2D eigenvalue weighted by molar-refractivity contribution is 6.90. The third-order valence-electron chi connectivity index (χ3n) is 13.5. The van der Waals surface area contributed by atoms with E-state index in [0.29, 0.717) is 69.6 Å². The molecule has 0 spiro atoms. The normalized spacial score (nSPS) is 18.2. The van der Waals surface area contributed by atoms with Crippen molar-refractivity contribution < 1.29 is 32.5 Å². The summed E-state index contributed by atoms with van der Waals surface area (Å²) in [6.45, 7) is 22.2. The molecule has 0 radical (unpaired) electrons.